The molecule has 0 radical (unpaired) electrons. The summed E-state index contributed by atoms with van der Waals surface area (Å²) in [6, 6.07) is 14.0. The molecule has 6 nitrogen and oxygen atoms in total. The van der Waals surface area contributed by atoms with Crippen LogP contribution >= 0.6 is 0 Å². The number of nitrogens with one attached hydrogen (secondary N) is 1. The smallest absolute Gasteiger partial charge is 0.259 e. The Morgan fingerprint density at radius 3 is 2.74 bits per heavy atom. The van der Waals surface area contributed by atoms with Crippen molar-refractivity contribution in [1.82, 2.24) is 4.90 Å². The van der Waals surface area contributed by atoms with Gasteiger partial charge in [0.15, 0.2) is 0 Å². The van der Waals surface area contributed by atoms with Gasteiger partial charge in [-0.3, -0.25) is 9.59 Å². The first-order valence-corrected chi connectivity index (χ1v) is 9.01. The molecule has 1 N–H and O–H groups in total. The average Bonchev–Trinajstić information content (AvgIpc) is 3.19. The Morgan fingerprint density at radius 1 is 1.19 bits per heavy atom. The molecule has 1 saturated heterocycles. The predicted molar refractivity (Wildman–Crippen MR) is 103 cm³/mol. The van der Waals surface area contributed by atoms with Crippen LogP contribution in [0.5, 0.6) is 5.75 Å². The van der Waals surface area contributed by atoms with E-state index in [0.717, 1.165) is 19.4 Å². The van der Waals surface area contributed by atoms with E-state index in [1.165, 1.54) is 4.90 Å². The maximum atomic E-state index is 12.7. The van der Waals surface area contributed by atoms with E-state index < -0.39 is 0 Å². The monoisotopic (exact) mass is 368 g/mol. The van der Waals surface area contributed by atoms with E-state index in [0.29, 0.717) is 29.2 Å². The lowest BCUT2D eigenvalue weighted by Crippen LogP contribution is -2.22. The number of carbonyl (C=O) groups excluding carboxylic acids is 2. The Labute approximate surface area is 159 Å². The van der Waals surface area contributed by atoms with Gasteiger partial charge in [-0.2, -0.15) is 0 Å². The molecule has 1 unspecified atom stereocenters. The number of para-hydroxylation sites is 1. The van der Waals surface area contributed by atoms with Crippen LogP contribution in [0, 0.1) is 0 Å². The van der Waals surface area contributed by atoms with E-state index in [2.05, 4.69) is 5.32 Å². The van der Waals surface area contributed by atoms with Crippen molar-refractivity contribution in [1.29, 1.82) is 0 Å². The minimum atomic E-state index is -0.285. The molecule has 1 fully saturated rings. The molecule has 0 spiro atoms. The van der Waals surface area contributed by atoms with Crippen molar-refractivity contribution >= 4 is 17.5 Å². The fourth-order valence-electron chi connectivity index (χ4n) is 2.93. The third-order valence-corrected chi connectivity index (χ3v) is 4.35. The van der Waals surface area contributed by atoms with E-state index in [-0.39, 0.29) is 17.9 Å². The molecule has 1 aliphatic rings. The lowest BCUT2D eigenvalue weighted by atomic mass is 10.1. The molecule has 2 aromatic carbocycles. The zero-order chi connectivity index (χ0) is 19.2. The summed E-state index contributed by atoms with van der Waals surface area (Å²) in [7, 11) is 3.38. The highest BCUT2D eigenvalue weighted by Gasteiger charge is 2.18. The summed E-state index contributed by atoms with van der Waals surface area (Å²) in [6.07, 6.45) is 2.09. The normalized spacial score (nSPS) is 16.0. The molecule has 2 aromatic rings. The lowest BCUT2D eigenvalue weighted by molar-refractivity contribution is 0.0673. The molecule has 2 amide bonds. The van der Waals surface area contributed by atoms with Crippen molar-refractivity contribution < 1.29 is 19.1 Å². The fraction of sp³-hybridized carbons (Fsp3) is 0.333. The molecule has 3 rings (SSSR count). The summed E-state index contributed by atoms with van der Waals surface area (Å²) >= 11 is 0. The summed E-state index contributed by atoms with van der Waals surface area (Å²) in [5.41, 5.74) is 1.52. The molecule has 1 aliphatic heterocycles. The van der Waals surface area contributed by atoms with Crippen LogP contribution in [0.3, 0.4) is 0 Å². The number of amides is 2. The van der Waals surface area contributed by atoms with E-state index >= 15 is 0 Å². The number of nitrogens with zero attached hydrogens (tertiary/aromatic N) is 1. The number of benzene rings is 2. The third kappa shape index (κ3) is 4.86. The van der Waals surface area contributed by atoms with Gasteiger partial charge in [-0.05, 0) is 43.2 Å². The predicted octanol–water partition coefficient (Wildman–Crippen LogP) is 3.20. The van der Waals surface area contributed by atoms with Crippen LogP contribution < -0.4 is 10.1 Å². The Hall–Kier alpha value is -2.86. The summed E-state index contributed by atoms with van der Waals surface area (Å²) in [5, 5.41) is 2.84. The van der Waals surface area contributed by atoms with Crippen molar-refractivity contribution in [2.75, 3.05) is 32.6 Å². The minimum Gasteiger partial charge on any atom is -0.490 e. The second-order valence-corrected chi connectivity index (χ2v) is 6.68. The van der Waals surface area contributed by atoms with Crippen LogP contribution in [0.4, 0.5) is 5.69 Å². The molecule has 1 heterocycles. The van der Waals surface area contributed by atoms with Gasteiger partial charge in [-0.1, -0.05) is 18.2 Å². The Balaban J connectivity index is 1.71. The van der Waals surface area contributed by atoms with Crippen molar-refractivity contribution in [3.05, 3.63) is 59.7 Å². The first kappa shape index (κ1) is 18.9. The zero-order valence-corrected chi connectivity index (χ0v) is 15.6. The molecule has 142 valence electrons. The minimum absolute atomic E-state index is 0.0786. The molecule has 0 aliphatic carbocycles. The van der Waals surface area contributed by atoms with Crippen LogP contribution in [0.2, 0.25) is 0 Å². The molecule has 0 aromatic heterocycles. The van der Waals surface area contributed by atoms with Gasteiger partial charge in [-0.25, -0.2) is 0 Å². The quantitative estimate of drug-likeness (QED) is 0.850. The van der Waals surface area contributed by atoms with Gasteiger partial charge >= 0.3 is 0 Å². The lowest BCUT2D eigenvalue weighted by Gasteiger charge is -2.15. The molecular formula is C21H24N2O4. The van der Waals surface area contributed by atoms with Crippen LogP contribution in [0.1, 0.15) is 33.6 Å². The largest absolute Gasteiger partial charge is 0.490 e. The molecule has 0 bridgehead atoms. The van der Waals surface area contributed by atoms with Crippen molar-refractivity contribution in [2.45, 2.75) is 18.9 Å². The van der Waals surface area contributed by atoms with E-state index in [1.54, 1.807) is 56.6 Å². The van der Waals surface area contributed by atoms with Gasteiger partial charge in [0, 0.05) is 32.0 Å². The van der Waals surface area contributed by atoms with Crippen molar-refractivity contribution in [2.24, 2.45) is 0 Å². The third-order valence-electron chi connectivity index (χ3n) is 4.35. The second kappa shape index (κ2) is 8.68. The first-order chi connectivity index (χ1) is 13.0. The summed E-state index contributed by atoms with van der Waals surface area (Å²) in [6.45, 7) is 1.19. The number of hydrogen-bond donors (Lipinski definition) is 1. The van der Waals surface area contributed by atoms with Gasteiger partial charge in [-0.15, -0.1) is 0 Å². The maximum Gasteiger partial charge on any atom is 0.259 e. The summed E-state index contributed by atoms with van der Waals surface area (Å²) in [4.78, 5) is 26.3. The SMILES string of the molecule is CN(C)C(=O)c1cccc(NC(=O)c2ccccc2OCC2CCCO2)c1. The van der Waals surface area contributed by atoms with E-state index in [4.69, 9.17) is 9.47 Å². The Kier molecular flexibility index (Phi) is 6.08. The van der Waals surface area contributed by atoms with Crippen molar-refractivity contribution in [3.8, 4) is 5.75 Å². The zero-order valence-electron chi connectivity index (χ0n) is 15.6. The number of rotatable bonds is 6. The van der Waals surface area contributed by atoms with E-state index in [1.807, 2.05) is 6.07 Å². The number of hydrogen-bond acceptors (Lipinski definition) is 4. The molecule has 6 heteroatoms. The van der Waals surface area contributed by atoms with Gasteiger partial charge in [0.1, 0.15) is 12.4 Å². The van der Waals surface area contributed by atoms with Crippen LogP contribution in [0.25, 0.3) is 0 Å². The van der Waals surface area contributed by atoms with Crippen molar-refractivity contribution in [3.63, 3.8) is 0 Å². The Morgan fingerprint density at radius 2 is 2.00 bits per heavy atom. The van der Waals surface area contributed by atoms with Crippen LogP contribution in [-0.4, -0.2) is 50.1 Å². The number of ether oxygens (including phenoxy) is 2. The van der Waals surface area contributed by atoms with Gasteiger partial charge in [0.05, 0.1) is 11.7 Å². The van der Waals surface area contributed by atoms with Gasteiger partial charge < -0.3 is 19.7 Å². The first-order valence-electron chi connectivity index (χ1n) is 9.01. The maximum absolute atomic E-state index is 12.7. The van der Waals surface area contributed by atoms with Crippen LogP contribution in [-0.2, 0) is 4.74 Å². The highest BCUT2D eigenvalue weighted by atomic mass is 16.5. The summed E-state index contributed by atoms with van der Waals surface area (Å²) in [5.74, 6) is 0.116. The van der Waals surface area contributed by atoms with Crippen LogP contribution in [0.15, 0.2) is 48.5 Å². The fourth-order valence-corrected chi connectivity index (χ4v) is 2.93. The Bertz CT molecular complexity index is 813. The molecule has 27 heavy (non-hydrogen) atoms. The number of anilines is 1. The summed E-state index contributed by atoms with van der Waals surface area (Å²) < 4.78 is 11.4. The number of carbonyl (C=O) groups is 2. The molecule has 0 saturated carbocycles. The standard InChI is InChI=1S/C21H24N2O4/c1-23(2)21(25)15-7-5-8-16(13-15)22-20(24)18-10-3-4-11-19(18)27-14-17-9-6-12-26-17/h3-5,7-8,10-11,13,17H,6,9,12,14H2,1-2H3,(H,22,24). The van der Waals surface area contributed by atoms with E-state index in [9.17, 15) is 9.59 Å². The van der Waals surface area contributed by atoms with Gasteiger partial charge in [0.25, 0.3) is 11.8 Å². The molecular weight excluding hydrogens is 344 g/mol. The molecule has 1 atom stereocenters. The highest BCUT2D eigenvalue weighted by Crippen LogP contribution is 2.22. The van der Waals surface area contributed by atoms with Gasteiger partial charge in [0.2, 0.25) is 0 Å². The average molecular weight is 368 g/mol. The topological polar surface area (TPSA) is 67.9 Å². The second-order valence-electron chi connectivity index (χ2n) is 6.68. The highest BCUT2D eigenvalue weighted by molar-refractivity contribution is 6.06.